The molecule has 0 unspecified atom stereocenters. The van der Waals surface area contributed by atoms with Crippen LogP contribution < -0.4 is 4.90 Å². The molecule has 6 heteroatoms. The van der Waals surface area contributed by atoms with Crippen molar-refractivity contribution in [2.45, 2.75) is 26.3 Å². The van der Waals surface area contributed by atoms with Gasteiger partial charge < -0.3 is 10.0 Å². The maximum atomic E-state index is 8.97. The summed E-state index contributed by atoms with van der Waals surface area (Å²) in [6.45, 7) is 2.70. The van der Waals surface area contributed by atoms with E-state index in [1.807, 2.05) is 37.2 Å². The second-order valence-corrected chi connectivity index (χ2v) is 5.63. The van der Waals surface area contributed by atoms with E-state index >= 15 is 0 Å². The SMILES string of the molecule is Cc1cccc(CN=Nc2nc(CCCO)cc(N(C)C)n2)c1. The lowest BCUT2D eigenvalue weighted by Gasteiger charge is -2.12. The standard InChI is InChI=1S/C17H23N5O/c1-13-6-4-7-14(10-13)12-18-21-17-19-15(8-5-9-23)11-16(20-17)22(2)3/h4,6-7,10-11,23H,5,8-9,12H2,1-3H3. The number of benzene rings is 1. The van der Waals surface area contributed by atoms with Crippen molar-refractivity contribution in [1.29, 1.82) is 0 Å². The summed E-state index contributed by atoms with van der Waals surface area (Å²) in [6, 6.07) is 10.1. The Hall–Kier alpha value is -2.34. The molecule has 2 rings (SSSR count). The van der Waals surface area contributed by atoms with Crippen molar-refractivity contribution in [2.24, 2.45) is 10.2 Å². The molecular formula is C17H23N5O. The molecule has 0 atom stereocenters. The lowest BCUT2D eigenvalue weighted by molar-refractivity contribution is 0.288. The van der Waals surface area contributed by atoms with Crippen LogP contribution in [0.15, 0.2) is 40.6 Å². The van der Waals surface area contributed by atoms with Crippen LogP contribution in [0.5, 0.6) is 0 Å². The minimum absolute atomic E-state index is 0.144. The predicted octanol–water partition coefficient (Wildman–Crippen LogP) is 3.06. The molecule has 0 aliphatic carbocycles. The van der Waals surface area contributed by atoms with Crippen molar-refractivity contribution >= 4 is 11.8 Å². The zero-order chi connectivity index (χ0) is 16.7. The van der Waals surface area contributed by atoms with Gasteiger partial charge in [-0.1, -0.05) is 29.8 Å². The molecule has 0 aliphatic rings. The van der Waals surface area contributed by atoms with Gasteiger partial charge in [-0.2, -0.15) is 10.1 Å². The highest BCUT2D eigenvalue weighted by atomic mass is 16.2. The number of azo groups is 1. The maximum Gasteiger partial charge on any atom is 0.270 e. The van der Waals surface area contributed by atoms with Crippen LogP contribution >= 0.6 is 0 Å². The average Bonchev–Trinajstić information content (AvgIpc) is 2.53. The molecule has 1 N–H and O–H groups in total. The van der Waals surface area contributed by atoms with E-state index in [0.29, 0.717) is 25.3 Å². The molecule has 23 heavy (non-hydrogen) atoms. The number of nitrogens with zero attached hydrogens (tertiary/aromatic N) is 5. The molecule has 0 amide bonds. The molecule has 122 valence electrons. The molecular weight excluding hydrogens is 290 g/mol. The molecule has 1 aromatic carbocycles. The molecule has 0 spiro atoms. The summed E-state index contributed by atoms with van der Waals surface area (Å²) in [5.74, 6) is 1.15. The van der Waals surface area contributed by atoms with Crippen LogP contribution in [-0.2, 0) is 13.0 Å². The first-order chi connectivity index (χ1) is 11.1. The predicted molar refractivity (Wildman–Crippen MR) is 91.2 cm³/mol. The van der Waals surface area contributed by atoms with E-state index in [-0.39, 0.29) is 6.61 Å². The minimum Gasteiger partial charge on any atom is -0.396 e. The largest absolute Gasteiger partial charge is 0.396 e. The zero-order valence-electron chi connectivity index (χ0n) is 13.9. The number of aryl methyl sites for hydroxylation is 2. The van der Waals surface area contributed by atoms with Gasteiger partial charge in [-0.05, 0) is 25.3 Å². The van der Waals surface area contributed by atoms with E-state index in [2.05, 4.69) is 39.3 Å². The fourth-order valence-corrected chi connectivity index (χ4v) is 2.12. The summed E-state index contributed by atoms with van der Waals surface area (Å²) in [7, 11) is 3.84. The summed E-state index contributed by atoms with van der Waals surface area (Å²) in [5.41, 5.74) is 3.18. The summed E-state index contributed by atoms with van der Waals surface area (Å²) in [6.07, 6.45) is 1.37. The third-order valence-corrected chi connectivity index (χ3v) is 3.30. The van der Waals surface area contributed by atoms with Gasteiger partial charge in [0, 0.05) is 32.5 Å². The van der Waals surface area contributed by atoms with Gasteiger partial charge in [0.25, 0.3) is 5.95 Å². The van der Waals surface area contributed by atoms with Crippen molar-refractivity contribution in [3.05, 3.63) is 47.2 Å². The lowest BCUT2D eigenvalue weighted by Crippen LogP contribution is -2.11. The summed E-state index contributed by atoms with van der Waals surface area (Å²) >= 11 is 0. The van der Waals surface area contributed by atoms with Crippen molar-refractivity contribution in [2.75, 3.05) is 25.6 Å². The molecule has 0 aliphatic heterocycles. The van der Waals surface area contributed by atoms with Gasteiger partial charge in [-0.3, -0.25) is 0 Å². The minimum atomic E-state index is 0.144. The normalized spacial score (nSPS) is 11.1. The van der Waals surface area contributed by atoms with Crippen LogP contribution in [0, 0.1) is 6.92 Å². The highest BCUT2D eigenvalue weighted by Gasteiger charge is 2.06. The van der Waals surface area contributed by atoms with Gasteiger partial charge in [0.2, 0.25) is 0 Å². The fraction of sp³-hybridized carbons (Fsp3) is 0.412. The topological polar surface area (TPSA) is 74.0 Å². The van der Waals surface area contributed by atoms with E-state index in [0.717, 1.165) is 17.1 Å². The Morgan fingerprint density at radius 1 is 1.17 bits per heavy atom. The molecule has 6 nitrogen and oxygen atoms in total. The maximum absolute atomic E-state index is 8.97. The van der Waals surface area contributed by atoms with Crippen molar-refractivity contribution in [3.63, 3.8) is 0 Å². The van der Waals surface area contributed by atoms with Crippen LogP contribution in [-0.4, -0.2) is 35.8 Å². The molecule has 0 saturated heterocycles. The number of aliphatic hydroxyl groups excluding tert-OH is 1. The highest BCUT2D eigenvalue weighted by molar-refractivity contribution is 5.41. The number of anilines is 1. The van der Waals surface area contributed by atoms with Gasteiger partial charge >= 0.3 is 0 Å². The van der Waals surface area contributed by atoms with Gasteiger partial charge in [0.1, 0.15) is 5.82 Å². The first-order valence-corrected chi connectivity index (χ1v) is 7.67. The van der Waals surface area contributed by atoms with Gasteiger partial charge in [-0.15, -0.1) is 5.11 Å². The van der Waals surface area contributed by atoms with Crippen molar-refractivity contribution in [3.8, 4) is 0 Å². The van der Waals surface area contributed by atoms with E-state index in [1.165, 1.54) is 5.56 Å². The molecule has 0 saturated carbocycles. The third kappa shape index (κ3) is 5.41. The van der Waals surface area contributed by atoms with E-state index in [1.54, 1.807) is 0 Å². The highest BCUT2D eigenvalue weighted by Crippen LogP contribution is 2.17. The van der Waals surface area contributed by atoms with Crippen LogP contribution in [0.25, 0.3) is 0 Å². The Morgan fingerprint density at radius 3 is 2.70 bits per heavy atom. The lowest BCUT2D eigenvalue weighted by atomic mass is 10.1. The van der Waals surface area contributed by atoms with Gasteiger partial charge in [0.15, 0.2) is 0 Å². The Kier molecular flexibility index (Phi) is 6.17. The van der Waals surface area contributed by atoms with Gasteiger partial charge in [-0.25, -0.2) is 4.98 Å². The summed E-state index contributed by atoms with van der Waals surface area (Å²) < 4.78 is 0. The number of hydrogen-bond donors (Lipinski definition) is 1. The molecule has 2 aromatic rings. The molecule has 0 bridgehead atoms. The molecule has 0 radical (unpaired) electrons. The van der Waals surface area contributed by atoms with Crippen molar-refractivity contribution in [1.82, 2.24) is 9.97 Å². The first kappa shape index (κ1) is 17.0. The number of aromatic nitrogens is 2. The Labute approximate surface area is 136 Å². The second-order valence-electron chi connectivity index (χ2n) is 5.63. The third-order valence-electron chi connectivity index (χ3n) is 3.30. The Balaban J connectivity index is 2.13. The first-order valence-electron chi connectivity index (χ1n) is 7.67. The van der Waals surface area contributed by atoms with Crippen molar-refractivity contribution < 1.29 is 5.11 Å². The van der Waals surface area contributed by atoms with Crippen LogP contribution in [0.3, 0.4) is 0 Å². The van der Waals surface area contributed by atoms with Gasteiger partial charge in [0.05, 0.1) is 6.54 Å². The monoisotopic (exact) mass is 313 g/mol. The quantitative estimate of drug-likeness (QED) is 0.797. The van der Waals surface area contributed by atoms with E-state index in [9.17, 15) is 0 Å². The number of hydrogen-bond acceptors (Lipinski definition) is 6. The van der Waals surface area contributed by atoms with E-state index in [4.69, 9.17) is 5.11 Å². The van der Waals surface area contributed by atoms with Crippen LogP contribution in [0.1, 0.15) is 23.2 Å². The Morgan fingerprint density at radius 2 is 2.00 bits per heavy atom. The molecule has 1 heterocycles. The number of aliphatic hydroxyl groups is 1. The Bertz CT molecular complexity index is 670. The fourth-order valence-electron chi connectivity index (χ4n) is 2.12. The second kappa shape index (κ2) is 8.33. The summed E-state index contributed by atoms with van der Waals surface area (Å²) in [5, 5.41) is 17.3. The zero-order valence-corrected chi connectivity index (χ0v) is 13.9. The van der Waals surface area contributed by atoms with Crippen LogP contribution in [0.4, 0.5) is 11.8 Å². The van der Waals surface area contributed by atoms with E-state index < -0.39 is 0 Å². The molecule has 1 aromatic heterocycles. The number of rotatable bonds is 7. The smallest absolute Gasteiger partial charge is 0.270 e. The summed E-state index contributed by atoms with van der Waals surface area (Å²) in [4.78, 5) is 10.7. The average molecular weight is 313 g/mol. The van der Waals surface area contributed by atoms with Crippen LogP contribution in [0.2, 0.25) is 0 Å². The molecule has 0 fully saturated rings.